The first-order valence-corrected chi connectivity index (χ1v) is 12.5. The number of piperazine rings is 1. The number of carbonyl (C=O) groups excluding carboxylic acids is 1. The van der Waals surface area contributed by atoms with Crippen molar-refractivity contribution in [2.24, 2.45) is 0 Å². The molecule has 1 fully saturated rings. The lowest BCUT2D eigenvalue weighted by atomic mass is 10.1. The van der Waals surface area contributed by atoms with Crippen LogP contribution in [0.15, 0.2) is 66.7 Å². The zero-order valence-electron chi connectivity index (χ0n) is 19.4. The molecule has 1 amide bonds. The number of hydrogen-bond acceptors (Lipinski definition) is 4. The summed E-state index contributed by atoms with van der Waals surface area (Å²) in [5, 5.41) is 1.43. The predicted octanol–water partition coefficient (Wildman–Crippen LogP) is 6.37. The monoisotopic (exact) mass is 532 g/mol. The van der Waals surface area contributed by atoms with Crippen molar-refractivity contribution in [2.75, 3.05) is 39.8 Å². The van der Waals surface area contributed by atoms with Crippen molar-refractivity contribution in [2.45, 2.75) is 12.7 Å². The first-order valence-electron chi connectivity index (χ1n) is 11.4. The molecule has 3 aromatic rings. The van der Waals surface area contributed by atoms with Gasteiger partial charge >= 0.3 is 0 Å². The molecule has 1 heterocycles. The number of nitrogens with zero attached hydrogens (tertiary/aromatic N) is 2. The third-order valence-corrected chi connectivity index (χ3v) is 6.93. The molecule has 0 aliphatic carbocycles. The van der Waals surface area contributed by atoms with Gasteiger partial charge in [-0.1, -0.05) is 65.1 Å². The second-order valence-corrected chi connectivity index (χ2v) is 9.65. The lowest BCUT2D eigenvalue weighted by Gasteiger charge is -2.36. The number of rotatable bonds is 8. The van der Waals surface area contributed by atoms with E-state index < -0.39 is 0 Å². The molecule has 0 N–H and O–H groups in total. The second-order valence-electron chi connectivity index (χ2n) is 8.40. The zero-order chi connectivity index (χ0) is 24.8. The molecule has 0 bridgehead atoms. The highest BCUT2D eigenvalue weighted by molar-refractivity contribution is 6.39. The van der Waals surface area contributed by atoms with Crippen LogP contribution in [0.5, 0.6) is 5.75 Å². The van der Waals surface area contributed by atoms with Gasteiger partial charge in [-0.05, 0) is 47.5 Å². The second kappa shape index (κ2) is 12.1. The first-order chi connectivity index (χ1) is 16.9. The Balaban J connectivity index is 1.43. The quantitative estimate of drug-likeness (QED) is 0.337. The van der Waals surface area contributed by atoms with Crippen LogP contribution in [0.2, 0.25) is 15.1 Å². The molecule has 4 rings (SSSR count). The minimum Gasteiger partial charge on any atom is -0.497 e. The van der Waals surface area contributed by atoms with Crippen LogP contribution in [0.1, 0.15) is 27.6 Å². The van der Waals surface area contributed by atoms with Crippen molar-refractivity contribution in [3.05, 3.63) is 98.5 Å². The van der Waals surface area contributed by atoms with Crippen molar-refractivity contribution >= 4 is 40.7 Å². The van der Waals surface area contributed by atoms with Crippen LogP contribution in [0, 0.1) is 0 Å². The van der Waals surface area contributed by atoms with E-state index in [-0.39, 0.29) is 12.0 Å². The summed E-state index contributed by atoms with van der Waals surface area (Å²) in [6.07, 6.45) is -0.177. The molecule has 1 aliphatic heterocycles. The summed E-state index contributed by atoms with van der Waals surface area (Å²) in [7, 11) is 1.66. The molecule has 184 valence electrons. The van der Waals surface area contributed by atoms with Crippen molar-refractivity contribution in [3.63, 3.8) is 0 Å². The van der Waals surface area contributed by atoms with Gasteiger partial charge in [-0.25, -0.2) is 0 Å². The van der Waals surface area contributed by atoms with Crippen LogP contribution in [-0.2, 0) is 11.3 Å². The number of hydrogen-bond donors (Lipinski definition) is 0. The van der Waals surface area contributed by atoms with Gasteiger partial charge in [-0.2, -0.15) is 0 Å². The summed E-state index contributed by atoms with van der Waals surface area (Å²) in [6.45, 7) is 3.72. The fraction of sp³-hybridized carbons (Fsp3) is 0.296. The van der Waals surface area contributed by atoms with E-state index in [0.29, 0.717) is 46.9 Å². The molecule has 1 aliphatic rings. The Kier molecular flexibility index (Phi) is 8.93. The molecule has 1 saturated heterocycles. The summed E-state index contributed by atoms with van der Waals surface area (Å²) in [5.74, 6) is 0.646. The van der Waals surface area contributed by atoms with Crippen LogP contribution in [0.25, 0.3) is 0 Å². The third-order valence-electron chi connectivity index (χ3n) is 6.07. The Hall–Kier alpha value is -2.28. The molecule has 35 heavy (non-hydrogen) atoms. The number of carbonyl (C=O) groups is 1. The number of benzene rings is 3. The van der Waals surface area contributed by atoms with E-state index >= 15 is 0 Å². The maximum atomic E-state index is 13.0. The molecular weight excluding hydrogens is 507 g/mol. The predicted molar refractivity (Wildman–Crippen MR) is 141 cm³/mol. The summed E-state index contributed by atoms with van der Waals surface area (Å²) in [6, 6.07) is 20.7. The van der Waals surface area contributed by atoms with Crippen LogP contribution in [0.4, 0.5) is 0 Å². The van der Waals surface area contributed by atoms with E-state index in [1.54, 1.807) is 30.2 Å². The Morgan fingerprint density at radius 3 is 2.29 bits per heavy atom. The molecule has 0 spiro atoms. The maximum absolute atomic E-state index is 13.0. The van der Waals surface area contributed by atoms with E-state index in [1.165, 1.54) is 0 Å². The highest BCUT2D eigenvalue weighted by atomic mass is 35.5. The fourth-order valence-electron chi connectivity index (χ4n) is 4.15. The number of amides is 1. The van der Waals surface area contributed by atoms with Gasteiger partial charge in [0.1, 0.15) is 5.75 Å². The summed E-state index contributed by atoms with van der Waals surface area (Å²) >= 11 is 18.6. The van der Waals surface area contributed by atoms with Gasteiger partial charge < -0.3 is 14.4 Å². The van der Waals surface area contributed by atoms with Crippen molar-refractivity contribution < 1.29 is 14.3 Å². The molecule has 3 aromatic carbocycles. The van der Waals surface area contributed by atoms with Crippen LogP contribution in [-0.4, -0.2) is 55.5 Å². The summed E-state index contributed by atoms with van der Waals surface area (Å²) in [4.78, 5) is 17.1. The highest BCUT2D eigenvalue weighted by Crippen LogP contribution is 2.28. The minimum atomic E-state index is -0.177. The molecule has 5 nitrogen and oxygen atoms in total. The minimum absolute atomic E-state index is 0.137. The number of halogens is 3. The van der Waals surface area contributed by atoms with Gasteiger partial charge in [0.2, 0.25) is 0 Å². The smallest absolute Gasteiger partial charge is 0.256 e. The van der Waals surface area contributed by atoms with Crippen LogP contribution >= 0.6 is 34.8 Å². The van der Waals surface area contributed by atoms with Crippen molar-refractivity contribution in [1.29, 1.82) is 0 Å². The Bertz CT molecular complexity index is 1150. The Morgan fingerprint density at radius 1 is 0.914 bits per heavy atom. The highest BCUT2D eigenvalue weighted by Gasteiger charge is 2.27. The zero-order valence-corrected chi connectivity index (χ0v) is 21.7. The van der Waals surface area contributed by atoms with Crippen LogP contribution < -0.4 is 4.74 Å². The molecular formula is C27H27Cl3N2O3. The topological polar surface area (TPSA) is 42.0 Å². The fourth-order valence-corrected chi connectivity index (χ4v) is 4.92. The van der Waals surface area contributed by atoms with Crippen molar-refractivity contribution in [1.82, 2.24) is 9.80 Å². The van der Waals surface area contributed by atoms with E-state index in [4.69, 9.17) is 44.3 Å². The lowest BCUT2D eigenvalue weighted by molar-refractivity contribution is 0.00334. The van der Waals surface area contributed by atoms with E-state index in [1.807, 2.05) is 48.5 Å². The van der Waals surface area contributed by atoms with Crippen LogP contribution in [0.3, 0.4) is 0 Å². The molecule has 8 heteroatoms. The molecule has 0 radical (unpaired) electrons. The normalized spacial score (nSPS) is 15.1. The first kappa shape index (κ1) is 25.8. The molecule has 1 atom stereocenters. The molecule has 1 unspecified atom stereocenters. The summed E-state index contributed by atoms with van der Waals surface area (Å²) in [5.41, 5.74) is 2.41. The third kappa shape index (κ3) is 6.69. The Labute approximate surface area is 221 Å². The van der Waals surface area contributed by atoms with Gasteiger partial charge in [-0.3, -0.25) is 9.69 Å². The van der Waals surface area contributed by atoms with Gasteiger partial charge in [0.15, 0.2) is 0 Å². The largest absolute Gasteiger partial charge is 0.497 e. The average molecular weight is 534 g/mol. The Morgan fingerprint density at radius 2 is 1.60 bits per heavy atom. The van der Waals surface area contributed by atoms with Gasteiger partial charge in [0, 0.05) is 37.7 Å². The van der Waals surface area contributed by atoms with E-state index in [0.717, 1.165) is 30.0 Å². The number of ether oxygens (including phenoxy) is 2. The molecule has 0 saturated carbocycles. The standard InChI is InChI=1S/C27H27Cl3N2O3/c1-34-22-8-3-6-20(16-22)25(35-18-19-5-2-7-21(28)15-19)17-31-11-13-32(14-12-31)27(33)26-23(29)9-4-10-24(26)30/h2-10,15-16,25H,11-14,17-18H2,1H3. The maximum Gasteiger partial charge on any atom is 0.256 e. The number of methoxy groups -OCH3 is 1. The van der Waals surface area contributed by atoms with Crippen molar-refractivity contribution in [3.8, 4) is 5.75 Å². The average Bonchev–Trinajstić information content (AvgIpc) is 2.87. The summed E-state index contributed by atoms with van der Waals surface area (Å²) < 4.78 is 11.8. The van der Waals surface area contributed by atoms with Gasteiger partial charge in [0.25, 0.3) is 5.91 Å². The lowest BCUT2D eigenvalue weighted by Crippen LogP contribution is -2.49. The van der Waals surface area contributed by atoms with Gasteiger partial charge in [0.05, 0.1) is 35.4 Å². The van der Waals surface area contributed by atoms with E-state index in [2.05, 4.69) is 4.90 Å². The molecule has 0 aromatic heterocycles. The van der Waals surface area contributed by atoms with E-state index in [9.17, 15) is 4.79 Å². The SMILES string of the molecule is COc1cccc(C(CN2CCN(C(=O)c3c(Cl)cccc3Cl)CC2)OCc2cccc(Cl)c2)c1. The van der Waals surface area contributed by atoms with Gasteiger partial charge in [-0.15, -0.1) is 0 Å².